The van der Waals surface area contributed by atoms with Gasteiger partial charge in [0.2, 0.25) is 10.0 Å². The standard InChI is InChI=1S/C11H15NO4S/c1-3-16-10-8-6-5-7-9(10)11(13)12-17(14,15)4-2/h5-8H,3-4H2,1-2H3,(H,12,13). The zero-order valence-electron chi connectivity index (χ0n) is 9.76. The fourth-order valence-corrected chi connectivity index (χ4v) is 1.74. The molecule has 0 spiro atoms. The van der Waals surface area contributed by atoms with E-state index in [4.69, 9.17) is 4.74 Å². The highest BCUT2D eigenvalue weighted by Gasteiger charge is 2.17. The quantitative estimate of drug-likeness (QED) is 0.859. The van der Waals surface area contributed by atoms with Crippen LogP contribution in [-0.2, 0) is 10.0 Å². The van der Waals surface area contributed by atoms with Crippen molar-refractivity contribution in [3.8, 4) is 5.75 Å². The Morgan fingerprint density at radius 1 is 1.29 bits per heavy atom. The van der Waals surface area contributed by atoms with Crippen molar-refractivity contribution in [1.82, 2.24) is 4.72 Å². The van der Waals surface area contributed by atoms with Gasteiger partial charge in [0.15, 0.2) is 0 Å². The molecule has 17 heavy (non-hydrogen) atoms. The molecule has 1 amide bonds. The van der Waals surface area contributed by atoms with Crippen molar-refractivity contribution in [2.24, 2.45) is 0 Å². The lowest BCUT2D eigenvalue weighted by atomic mass is 10.2. The van der Waals surface area contributed by atoms with Gasteiger partial charge in [0, 0.05) is 0 Å². The Morgan fingerprint density at radius 3 is 2.53 bits per heavy atom. The third kappa shape index (κ3) is 3.74. The van der Waals surface area contributed by atoms with Crippen LogP contribution in [0, 0.1) is 0 Å². The Morgan fingerprint density at radius 2 is 1.94 bits per heavy atom. The first-order valence-electron chi connectivity index (χ1n) is 5.26. The van der Waals surface area contributed by atoms with Crippen molar-refractivity contribution in [2.75, 3.05) is 12.4 Å². The van der Waals surface area contributed by atoms with E-state index in [0.717, 1.165) is 0 Å². The number of carbonyl (C=O) groups excluding carboxylic acids is 1. The van der Waals surface area contributed by atoms with Gasteiger partial charge in [-0.05, 0) is 26.0 Å². The minimum Gasteiger partial charge on any atom is -0.493 e. The number of rotatable bonds is 5. The monoisotopic (exact) mass is 257 g/mol. The van der Waals surface area contributed by atoms with Gasteiger partial charge < -0.3 is 4.74 Å². The number of amides is 1. The summed E-state index contributed by atoms with van der Waals surface area (Å²) < 4.78 is 29.8. The molecule has 1 aromatic rings. The molecule has 0 bridgehead atoms. The Balaban J connectivity index is 2.96. The molecule has 0 saturated heterocycles. The molecule has 0 aliphatic heterocycles. The number of hydrogen-bond donors (Lipinski definition) is 1. The Bertz CT molecular complexity index is 496. The largest absolute Gasteiger partial charge is 0.493 e. The second-order valence-corrected chi connectivity index (χ2v) is 5.27. The Labute approximate surface area is 101 Å². The molecule has 1 N–H and O–H groups in total. The molecule has 0 fully saturated rings. The van der Waals surface area contributed by atoms with Gasteiger partial charge in [-0.15, -0.1) is 0 Å². The van der Waals surface area contributed by atoms with E-state index in [-0.39, 0.29) is 11.3 Å². The van der Waals surface area contributed by atoms with Crippen LogP contribution in [0.4, 0.5) is 0 Å². The van der Waals surface area contributed by atoms with Gasteiger partial charge >= 0.3 is 0 Å². The first-order valence-corrected chi connectivity index (χ1v) is 6.92. The molecule has 0 atom stereocenters. The number of carbonyl (C=O) groups is 1. The highest BCUT2D eigenvalue weighted by Crippen LogP contribution is 2.17. The second-order valence-electron chi connectivity index (χ2n) is 3.26. The molecule has 5 nitrogen and oxygen atoms in total. The molecule has 0 saturated carbocycles. The summed E-state index contributed by atoms with van der Waals surface area (Å²) in [7, 11) is -3.55. The van der Waals surface area contributed by atoms with E-state index in [9.17, 15) is 13.2 Å². The summed E-state index contributed by atoms with van der Waals surface area (Å²) in [5.41, 5.74) is 0.214. The first-order chi connectivity index (χ1) is 8.00. The average molecular weight is 257 g/mol. The molecule has 0 aromatic heterocycles. The SMILES string of the molecule is CCOc1ccccc1C(=O)NS(=O)(=O)CC. The number of ether oxygens (including phenoxy) is 1. The Hall–Kier alpha value is -1.56. The van der Waals surface area contributed by atoms with Gasteiger partial charge in [-0.25, -0.2) is 13.1 Å². The lowest BCUT2D eigenvalue weighted by Gasteiger charge is -2.09. The van der Waals surface area contributed by atoms with Crippen LogP contribution >= 0.6 is 0 Å². The molecule has 0 heterocycles. The third-order valence-corrected chi connectivity index (χ3v) is 3.32. The van der Waals surface area contributed by atoms with E-state index in [1.165, 1.54) is 13.0 Å². The topological polar surface area (TPSA) is 72.5 Å². The Kier molecular flexibility index (Phi) is 4.51. The third-order valence-electron chi connectivity index (χ3n) is 2.06. The molecule has 0 unspecified atom stereocenters. The summed E-state index contributed by atoms with van der Waals surface area (Å²) in [4.78, 5) is 11.7. The first kappa shape index (κ1) is 13.5. The van der Waals surface area contributed by atoms with Gasteiger partial charge in [0.05, 0.1) is 17.9 Å². The maximum absolute atomic E-state index is 11.7. The van der Waals surface area contributed by atoms with Crippen molar-refractivity contribution < 1.29 is 17.9 Å². The van der Waals surface area contributed by atoms with Crippen LogP contribution in [0.25, 0.3) is 0 Å². The summed E-state index contributed by atoms with van der Waals surface area (Å²) in [6.45, 7) is 3.66. The van der Waals surface area contributed by atoms with Crippen molar-refractivity contribution in [3.63, 3.8) is 0 Å². The fraction of sp³-hybridized carbons (Fsp3) is 0.364. The van der Waals surface area contributed by atoms with E-state index in [1.807, 2.05) is 4.72 Å². The molecular weight excluding hydrogens is 242 g/mol. The minimum absolute atomic E-state index is 0.143. The van der Waals surface area contributed by atoms with E-state index in [2.05, 4.69) is 0 Å². The van der Waals surface area contributed by atoms with Crippen molar-refractivity contribution in [1.29, 1.82) is 0 Å². The average Bonchev–Trinajstić information content (AvgIpc) is 2.29. The van der Waals surface area contributed by atoms with Crippen molar-refractivity contribution >= 4 is 15.9 Å². The lowest BCUT2D eigenvalue weighted by Crippen LogP contribution is -2.32. The van der Waals surface area contributed by atoms with Crippen LogP contribution in [0.5, 0.6) is 5.75 Å². The van der Waals surface area contributed by atoms with Crippen LogP contribution in [0.3, 0.4) is 0 Å². The summed E-state index contributed by atoms with van der Waals surface area (Å²) in [5, 5.41) is 0. The molecule has 6 heteroatoms. The van der Waals surface area contributed by atoms with E-state index < -0.39 is 15.9 Å². The maximum atomic E-state index is 11.7. The van der Waals surface area contributed by atoms with Crippen LogP contribution in [0.2, 0.25) is 0 Å². The maximum Gasteiger partial charge on any atom is 0.268 e. The predicted molar refractivity (Wildman–Crippen MR) is 64.5 cm³/mol. The molecule has 1 aromatic carbocycles. The van der Waals surface area contributed by atoms with Crippen LogP contribution in [-0.4, -0.2) is 26.7 Å². The van der Waals surface area contributed by atoms with E-state index in [1.54, 1.807) is 25.1 Å². The zero-order valence-corrected chi connectivity index (χ0v) is 10.6. The van der Waals surface area contributed by atoms with Gasteiger partial charge in [-0.1, -0.05) is 12.1 Å². The van der Waals surface area contributed by atoms with Crippen LogP contribution in [0.1, 0.15) is 24.2 Å². The lowest BCUT2D eigenvalue weighted by molar-refractivity contribution is 0.0978. The van der Waals surface area contributed by atoms with Crippen LogP contribution in [0.15, 0.2) is 24.3 Å². The minimum atomic E-state index is -3.55. The molecule has 0 aliphatic rings. The van der Waals surface area contributed by atoms with Crippen molar-refractivity contribution in [2.45, 2.75) is 13.8 Å². The van der Waals surface area contributed by atoms with E-state index >= 15 is 0 Å². The number of nitrogens with one attached hydrogen (secondary N) is 1. The van der Waals surface area contributed by atoms with Gasteiger partial charge in [0.1, 0.15) is 5.75 Å². The van der Waals surface area contributed by atoms with Gasteiger partial charge in [-0.2, -0.15) is 0 Å². The molecular formula is C11H15NO4S. The smallest absolute Gasteiger partial charge is 0.268 e. The highest BCUT2D eigenvalue weighted by atomic mass is 32.2. The fourth-order valence-electron chi connectivity index (χ4n) is 1.20. The second kappa shape index (κ2) is 5.67. The van der Waals surface area contributed by atoms with Gasteiger partial charge in [0.25, 0.3) is 5.91 Å². The molecule has 0 aliphatic carbocycles. The predicted octanol–water partition coefficient (Wildman–Crippen LogP) is 1.16. The summed E-state index contributed by atoms with van der Waals surface area (Å²) in [5.74, 6) is -0.440. The number of para-hydroxylation sites is 1. The summed E-state index contributed by atoms with van der Waals surface area (Å²) in [6, 6.07) is 6.51. The van der Waals surface area contributed by atoms with E-state index in [0.29, 0.717) is 12.4 Å². The zero-order chi connectivity index (χ0) is 12.9. The highest BCUT2D eigenvalue weighted by molar-refractivity contribution is 7.90. The van der Waals surface area contributed by atoms with Gasteiger partial charge in [-0.3, -0.25) is 4.79 Å². The summed E-state index contributed by atoms with van der Waals surface area (Å²) in [6.07, 6.45) is 0. The molecule has 0 radical (unpaired) electrons. The summed E-state index contributed by atoms with van der Waals surface area (Å²) >= 11 is 0. The molecule has 94 valence electrons. The number of benzene rings is 1. The normalized spacial score (nSPS) is 10.9. The number of sulfonamides is 1. The number of hydrogen-bond acceptors (Lipinski definition) is 4. The molecule has 1 rings (SSSR count). The van der Waals surface area contributed by atoms with Crippen molar-refractivity contribution in [3.05, 3.63) is 29.8 Å². The van der Waals surface area contributed by atoms with Crippen LogP contribution < -0.4 is 9.46 Å².